The average Bonchev–Trinajstić information content (AvgIpc) is 2.38. The van der Waals surface area contributed by atoms with Crippen LogP contribution in [0.4, 0.5) is 5.69 Å². The van der Waals surface area contributed by atoms with Gasteiger partial charge < -0.3 is 0 Å². The third kappa shape index (κ3) is 2.90. The molecule has 0 aliphatic carbocycles. The van der Waals surface area contributed by atoms with E-state index in [4.69, 9.17) is 0 Å². The first-order valence-corrected chi connectivity index (χ1v) is 6.85. The predicted octanol–water partition coefficient (Wildman–Crippen LogP) is 4.96. The van der Waals surface area contributed by atoms with Crippen LogP contribution in [0.2, 0.25) is 0 Å². The molecule has 0 aliphatic rings. The second kappa shape index (κ2) is 5.62. The number of nitrogens with zero attached hydrogens (tertiary/aromatic N) is 1. The third-order valence-electron chi connectivity index (χ3n) is 3.51. The van der Waals surface area contributed by atoms with Crippen LogP contribution < -0.4 is 0 Å². The summed E-state index contributed by atoms with van der Waals surface area (Å²) in [6, 6.07) is 10.3. The zero-order chi connectivity index (χ0) is 14.0. The largest absolute Gasteiger partial charge is 0.256 e. The van der Waals surface area contributed by atoms with Gasteiger partial charge in [-0.1, -0.05) is 24.3 Å². The highest BCUT2D eigenvalue weighted by Crippen LogP contribution is 2.25. The molecule has 0 bridgehead atoms. The Morgan fingerprint density at radius 1 is 0.947 bits per heavy atom. The van der Waals surface area contributed by atoms with Gasteiger partial charge in [-0.05, 0) is 56.0 Å². The van der Waals surface area contributed by atoms with Crippen LogP contribution >= 0.6 is 12.6 Å². The van der Waals surface area contributed by atoms with Gasteiger partial charge in [-0.15, -0.1) is 12.6 Å². The summed E-state index contributed by atoms with van der Waals surface area (Å²) in [5, 5.41) is 0. The number of hydrogen-bond acceptors (Lipinski definition) is 2. The lowest BCUT2D eigenvalue weighted by Crippen LogP contribution is -1.96. The van der Waals surface area contributed by atoms with Crippen molar-refractivity contribution in [2.24, 2.45) is 4.99 Å². The maximum absolute atomic E-state index is 4.61. The Hall–Kier alpha value is -1.54. The van der Waals surface area contributed by atoms with Crippen molar-refractivity contribution in [2.45, 2.75) is 32.6 Å². The SMILES string of the molecule is Cc1ccccc1N=Cc1c(C)c(C)cc(C)c1S. The van der Waals surface area contributed by atoms with Gasteiger partial charge in [0.15, 0.2) is 0 Å². The van der Waals surface area contributed by atoms with Crippen molar-refractivity contribution in [1.82, 2.24) is 0 Å². The van der Waals surface area contributed by atoms with Crippen molar-refractivity contribution in [3.05, 3.63) is 58.1 Å². The van der Waals surface area contributed by atoms with E-state index in [-0.39, 0.29) is 0 Å². The van der Waals surface area contributed by atoms with Crippen molar-refractivity contribution in [1.29, 1.82) is 0 Å². The summed E-state index contributed by atoms with van der Waals surface area (Å²) in [4.78, 5) is 5.62. The molecule has 0 spiro atoms. The molecule has 2 rings (SSSR count). The van der Waals surface area contributed by atoms with E-state index in [1.807, 2.05) is 24.4 Å². The molecule has 0 atom stereocenters. The smallest absolute Gasteiger partial charge is 0.0659 e. The molecule has 0 saturated carbocycles. The van der Waals surface area contributed by atoms with Gasteiger partial charge in [0, 0.05) is 16.7 Å². The van der Waals surface area contributed by atoms with Crippen LogP contribution in [0, 0.1) is 27.7 Å². The van der Waals surface area contributed by atoms with E-state index >= 15 is 0 Å². The summed E-state index contributed by atoms with van der Waals surface area (Å²) in [6.07, 6.45) is 1.93. The van der Waals surface area contributed by atoms with Gasteiger partial charge in [-0.25, -0.2) is 0 Å². The molecule has 0 aromatic heterocycles. The summed E-state index contributed by atoms with van der Waals surface area (Å²) >= 11 is 4.61. The van der Waals surface area contributed by atoms with E-state index in [1.165, 1.54) is 22.3 Å². The zero-order valence-corrected chi connectivity index (χ0v) is 12.8. The second-order valence-electron chi connectivity index (χ2n) is 4.94. The van der Waals surface area contributed by atoms with Crippen molar-refractivity contribution in [2.75, 3.05) is 0 Å². The minimum absolute atomic E-state index is 1.01. The topological polar surface area (TPSA) is 12.4 Å². The number of para-hydroxylation sites is 1. The lowest BCUT2D eigenvalue weighted by atomic mass is 10.0. The van der Waals surface area contributed by atoms with E-state index < -0.39 is 0 Å². The summed E-state index contributed by atoms with van der Waals surface area (Å²) in [7, 11) is 0. The van der Waals surface area contributed by atoms with Crippen molar-refractivity contribution >= 4 is 24.5 Å². The Labute approximate surface area is 120 Å². The highest BCUT2D eigenvalue weighted by Gasteiger charge is 2.07. The molecule has 0 aliphatic heterocycles. The highest BCUT2D eigenvalue weighted by atomic mass is 32.1. The number of hydrogen-bond donors (Lipinski definition) is 1. The van der Waals surface area contributed by atoms with Crippen molar-refractivity contribution in [3.8, 4) is 0 Å². The lowest BCUT2D eigenvalue weighted by Gasteiger charge is -2.11. The van der Waals surface area contributed by atoms with E-state index in [9.17, 15) is 0 Å². The second-order valence-corrected chi connectivity index (χ2v) is 5.39. The molecule has 19 heavy (non-hydrogen) atoms. The minimum Gasteiger partial charge on any atom is -0.256 e. The molecule has 0 amide bonds. The fourth-order valence-corrected chi connectivity index (χ4v) is 2.39. The maximum atomic E-state index is 4.61. The molecule has 2 heteroatoms. The summed E-state index contributed by atoms with van der Waals surface area (Å²) in [5.41, 5.74) is 7.02. The molecule has 0 N–H and O–H groups in total. The maximum Gasteiger partial charge on any atom is 0.0659 e. The number of benzene rings is 2. The van der Waals surface area contributed by atoms with Gasteiger partial charge in [0.1, 0.15) is 0 Å². The molecule has 0 fully saturated rings. The van der Waals surface area contributed by atoms with Gasteiger partial charge in [0.05, 0.1) is 5.69 Å². The molecule has 0 radical (unpaired) electrons. The normalized spacial score (nSPS) is 11.2. The number of rotatable bonds is 2. The molecule has 0 heterocycles. The molecule has 0 saturated heterocycles. The fraction of sp³-hybridized carbons (Fsp3) is 0.235. The Balaban J connectivity index is 2.47. The standard InChI is InChI=1S/C17H19NS/c1-11-7-5-6-8-16(11)18-10-15-14(4)12(2)9-13(3)17(15)19/h5-10,19H,1-4H3. The quantitative estimate of drug-likeness (QED) is 0.584. The number of aliphatic imine (C=N–C) groups is 1. The summed E-state index contributed by atoms with van der Waals surface area (Å²) in [5.74, 6) is 0. The van der Waals surface area contributed by atoms with E-state index in [0.717, 1.165) is 16.1 Å². The van der Waals surface area contributed by atoms with Crippen molar-refractivity contribution in [3.63, 3.8) is 0 Å². The predicted molar refractivity (Wildman–Crippen MR) is 86.3 cm³/mol. The monoisotopic (exact) mass is 269 g/mol. The van der Waals surface area contributed by atoms with E-state index in [2.05, 4.69) is 57.4 Å². The van der Waals surface area contributed by atoms with Gasteiger partial charge in [-0.3, -0.25) is 4.99 Å². The molecule has 0 unspecified atom stereocenters. The number of thiol groups is 1. The molecular weight excluding hydrogens is 250 g/mol. The van der Waals surface area contributed by atoms with Crippen LogP contribution in [0.25, 0.3) is 0 Å². The number of aryl methyl sites for hydroxylation is 3. The van der Waals surface area contributed by atoms with Gasteiger partial charge in [0.25, 0.3) is 0 Å². The van der Waals surface area contributed by atoms with E-state index in [0.29, 0.717) is 0 Å². The molecule has 98 valence electrons. The van der Waals surface area contributed by atoms with Crippen LogP contribution in [0.1, 0.15) is 27.8 Å². The molecule has 2 aromatic carbocycles. The Bertz CT molecular complexity index is 616. The van der Waals surface area contributed by atoms with Crippen LogP contribution in [0.3, 0.4) is 0 Å². The van der Waals surface area contributed by atoms with Crippen LogP contribution in [-0.2, 0) is 0 Å². The Morgan fingerprint density at radius 3 is 2.32 bits per heavy atom. The Morgan fingerprint density at radius 2 is 1.63 bits per heavy atom. The van der Waals surface area contributed by atoms with Gasteiger partial charge in [0.2, 0.25) is 0 Å². The Kier molecular flexibility index (Phi) is 4.11. The van der Waals surface area contributed by atoms with Gasteiger partial charge >= 0.3 is 0 Å². The van der Waals surface area contributed by atoms with E-state index in [1.54, 1.807) is 0 Å². The average molecular weight is 269 g/mol. The minimum atomic E-state index is 1.01. The zero-order valence-electron chi connectivity index (χ0n) is 11.9. The van der Waals surface area contributed by atoms with Crippen molar-refractivity contribution < 1.29 is 0 Å². The molecular formula is C17H19NS. The summed E-state index contributed by atoms with van der Waals surface area (Å²) < 4.78 is 0. The molecule has 2 aromatic rings. The van der Waals surface area contributed by atoms with Crippen LogP contribution in [0.5, 0.6) is 0 Å². The third-order valence-corrected chi connectivity index (χ3v) is 4.10. The first-order chi connectivity index (χ1) is 9.00. The first kappa shape index (κ1) is 13.9. The van der Waals surface area contributed by atoms with Gasteiger partial charge in [-0.2, -0.15) is 0 Å². The lowest BCUT2D eigenvalue weighted by molar-refractivity contribution is 1.20. The summed E-state index contributed by atoms with van der Waals surface area (Å²) in [6.45, 7) is 8.40. The van der Waals surface area contributed by atoms with Crippen LogP contribution in [-0.4, -0.2) is 6.21 Å². The molecule has 1 nitrogen and oxygen atoms in total. The highest BCUT2D eigenvalue weighted by molar-refractivity contribution is 7.80. The first-order valence-electron chi connectivity index (χ1n) is 6.40. The van der Waals surface area contributed by atoms with Crippen LogP contribution in [0.15, 0.2) is 40.2 Å². The fourth-order valence-electron chi connectivity index (χ4n) is 2.10.